The SMILES string of the molecule is Cc1nccc(-c2cc3cnc(NC(=O)C4CC4)cc3[nH]2)n1. The summed E-state index contributed by atoms with van der Waals surface area (Å²) in [5.41, 5.74) is 2.67. The van der Waals surface area contributed by atoms with Crippen LogP contribution in [0, 0.1) is 12.8 Å². The standard InChI is InChI=1S/C16H15N5O/c1-9-17-5-4-12(19-9)14-6-11-8-18-15(7-13(11)20-14)21-16(22)10-2-3-10/h4-8,10,20H,2-3H2,1H3,(H,18,21,22). The summed E-state index contributed by atoms with van der Waals surface area (Å²) in [6.07, 6.45) is 5.45. The zero-order chi connectivity index (χ0) is 15.1. The maximum atomic E-state index is 11.8. The highest BCUT2D eigenvalue weighted by Crippen LogP contribution is 2.30. The fraction of sp³-hybridized carbons (Fsp3) is 0.250. The van der Waals surface area contributed by atoms with E-state index in [1.807, 2.05) is 25.1 Å². The van der Waals surface area contributed by atoms with Crippen LogP contribution >= 0.6 is 0 Å². The summed E-state index contributed by atoms with van der Waals surface area (Å²) >= 11 is 0. The van der Waals surface area contributed by atoms with E-state index < -0.39 is 0 Å². The molecule has 1 aliphatic carbocycles. The average molecular weight is 293 g/mol. The van der Waals surface area contributed by atoms with Crippen molar-refractivity contribution < 1.29 is 4.79 Å². The highest BCUT2D eigenvalue weighted by Gasteiger charge is 2.29. The second kappa shape index (κ2) is 4.91. The lowest BCUT2D eigenvalue weighted by Crippen LogP contribution is -2.14. The monoisotopic (exact) mass is 293 g/mol. The summed E-state index contributed by atoms with van der Waals surface area (Å²) in [5, 5.41) is 3.84. The molecule has 1 amide bonds. The first-order valence-corrected chi connectivity index (χ1v) is 7.29. The van der Waals surface area contributed by atoms with Gasteiger partial charge in [0.1, 0.15) is 11.6 Å². The van der Waals surface area contributed by atoms with Crippen molar-refractivity contribution in [3.63, 3.8) is 0 Å². The molecular formula is C16H15N5O. The molecule has 0 bridgehead atoms. The van der Waals surface area contributed by atoms with Crippen LogP contribution in [0.3, 0.4) is 0 Å². The van der Waals surface area contributed by atoms with Crippen molar-refractivity contribution in [1.82, 2.24) is 19.9 Å². The second-order valence-electron chi connectivity index (χ2n) is 5.59. The number of carbonyl (C=O) groups is 1. The van der Waals surface area contributed by atoms with Gasteiger partial charge in [-0.3, -0.25) is 4.79 Å². The van der Waals surface area contributed by atoms with Crippen LogP contribution in [0.15, 0.2) is 30.6 Å². The predicted molar refractivity (Wildman–Crippen MR) is 83.2 cm³/mol. The number of aromatic nitrogens is 4. The van der Waals surface area contributed by atoms with Crippen LogP contribution in [0.5, 0.6) is 0 Å². The molecule has 3 aromatic rings. The molecule has 0 aliphatic heterocycles. The molecule has 1 saturated carbocycles. The molecule has 3 heterocycles. The Labute approximate surface area is 127 Å². The minimum Gasteiger partial charge on any atom is -0.353 e. The zero-order valence-corrected chi connectivity index (χ0v) is 12.1. The fourth-order valence-corrected chi connectivity index (χ4v) is 2.41. The number of aryl methyl sites for hydroxylation is 1. The zero-order valence-electron chi connectivity index (χ0n) is 12.1. The van der Waals surface area contributed by atoms with Crippen LogP contribution in [0.4, 0.5) is 5.82 Å². The molecule has 1 fully saturated rings. The first kappa shape index (κ1) is 12.9. The first-order valence-electron chi connectivity index (χ1n) is 7.29. The lowest BCUT2D eigenvalue weighted by Gasteiger charge is -2.02. The number of nitrogens with zero attached hydrogens (tertiary/aromatic N) is 3. The third kappa shape index (κ3) is 2.43. The number of hydrogen-bond acceptors (Lipinski definition) is 4. The van der Waals surface area contributed by atoms with E-state index >= 15 is 0 Å². The Morgan fingerprint density at radius 1 is 1.32 bits per heavy atom. The number of nitrogens with one attached hydrogen (secondary N) is 2. The van der Waals surface area contributed by atoms with Crippen LogP contribution < -0.4 is 5.32 Å². The predicted octanol–water partition coefficient (Wildman–Crippen LogP) is 2.68. The molecule has 0 spiro atoms. The smallest absolute Gasteiger partial charge is 0.228 e. The molecule has 0 unspecified atom stereocenters. The largest absolute Gasteiger partial charge is 0.353 e. The van der Waals surface area contributed by atoms with Gasteiger partial charge >= 0.3 is 0 Å². The minimum atomic E-state index is 0.0602. The van der Waals surface area contributed by atoms with Gasteiger partial charge in [-0.25, -0.2) is 15.0 Å². The van der Waals surface area contributed by atoms with E-state index in [0.717, 1.165) is 41.0 Å². The minimum absolute atomic E-state index is 0.0602. The third-order valence-corrected chi connectivity index (χ3v) is 3.76. The summed E-state index contributed by atoms with van der Waals surface area (Å²) < 4.78 is 0. The number of carbonyl (C=O) groups excluding carboxylic acids is 1. The van der Waals surface area contributed by atoms with E-state index in [2.05, 4.69) is 25.3 Å². The number of fused-ring (bicyclic) bond motifs is 1. The number of aromatic amines is 1. The molecule has 1 aliphatic rings. The molecule has 2 N–H and O–H groups in total. The maximum Gasteiger partial charge on any atom is 0.228 e. The van der Waals surface area contributed by atoms with Crippen molar-refractivity contribution in [2.75, 3.05) is 5.32 Å². The number of hydrogen-bond donors (Lipinski definition) is 2. The number of amides is 1. The highest BCUT2D eigenvalue weighted by molar-refractivity contribution is 5.95. The number of rotatable bonds is 3. The summed E-state index contributed by atoms with van der Waals surface area (Å²) in [6, 6.07) is 5.71. The molecule has 3 aromatic heterocycles. The quantitative estimate of drug-likeness (QED) is 0.777. The van der Waals surface area contributed by atoms with Gasteiger partial charge in [-0.15, -0.1) is 0 Å². The number of anilines is 1. The molecule has 0 radical (unpaired) electrons. The molecule has 4 rings (SSSR count). The first-order chi connectivity index (χ1) is 10.7. The van der Waals surface area contributed by atoms with E-state index in [9.17, 15) is 4.79 Å². The van der Waals surface area contributed by atoms with Gasteiger partial charge in [0, 0.05) is 29.8 Å². The molecule has 0 atom stereocenters. The Hall–Kier alpha value is -2.76. The van der Waals surface area contributed by atoms with Crippen molar-refractivity contribution in [3.05, 3.63) is 36.4 Å². The van der Waals surface area contributed by atoms with E-state index in [1.54, 1.807) is 12.4 Å². The Morgan fingerprint density at radius 3 is 2.95 bits per heavy atom. The molecule has 22 heavy (non-hydrogen) atoms. The van der Waals surface area contributed by atoms with Crippen LogP contribution in [-0.2, 0) is 4.79 Å². The van der Waals surface area contributed by atoms with E-state index in [1.165, 1.54) is 0 Å². The lowest BCUT2D eigenvalue weighted by atomic mass is 10.2. The van der Waals surface area contributed by atoms with Crippen molar-refractivity contribution in [1.29, 1.82) is 0 Å². The van der Waals surface area contributed by atoms with Crippen molar-refractivity contribution >= 4 is 22.6 Å². The van der Waals surface area contributed by atoms with Gasteiger partial charge in [0.25, 0.3) is 0 Å². The van der Waals surface area contributed by atoms with Crippen LogP contribution in [0.25, 0.3) is 22.3 Å². The molecule has 0 aromatic carbocycles. The molecule has 6 nitrogen and oxygen atoms in total. The highest BCUT2D eigenvalue weighted by atomic mass is 16.2. The molecule has 0 saturated heterocycles. The Kier molecular flexibility index (Phi) is 2.89. The van der Waals surface area contributed by atoms with Crippen LogP contribution in [-0.4, -0.2) is 25.8 Å². The molecular weight excluding hydrogens is 278 g/mol. The Morgan fingerprint density at radius 2 is 2.18 bits per heavy atom. The Balaban J connectivity index is 1.67. The van der Waals surface area contributed by atoms with Gasteiger partial charge in [-0.2, -0.15) is 0 Å². The third-order valence-electron chi connectivity index (χ3n) is 3.76. The fourth-order valence-electron chi connectivity index (χ4n) is 2.41. The summed E-state index contributed by atoms with van der Waals surface area (Å²) in [7, 11) is 0. The second-order valence-corrected chi connectivity index (χ2v) is 5.59. The van der Waals surface area contributed by atoms with E-state index in [4.69, 9.17) is 0 Å². The van der Waals surface area contributed by atoms with Gasteiger partial charge in [-0.1, -0.05) is 0 Å². The normalized spacial score (nSPS) is 14.2. The lowest BCUT2D eigenvalue weighted by molar-refractivity contribution is -0.117. The summed E-state index contributed by atoms with van der Waals surface area (Å²) in [4.78, 5) is 27.9. The van der Waals surface area contributed by atoms with Crippen molar-refractivity contribution in [2.45, 2.75) is 19.8 Å². The average Bonchev–Trinajstić information content (AvgIpc) is 3.27. The van der Waals surface area contributed by atoms with Crippen LogP contribution in [0.2, 0.25) is 0 Å². The van der Waals surface area contributed by atoms with Gasteiger partial charge in [0.05, 0.1) is 16.9 Å². The van der Waals surface area contributed by atoms with Gasteiger partial charge in [0.15, 0.2) is 0 Å². The Bertz CT molecular complexity index is 866. The number of pyridine rings is 1. The topological polar surface area (TPSA) is 83.6 Å². The van der Waals surface area contributed by atoms with E-state index in [0.29, 0.717) is 5.82 Å². The van der Waals surface area contributed by atoms with Gasteiger partial charge in [-0.05, 0) is 31.9 Å². The van der Waals surface area contributed by atoms with Crippen LogP contribution in [0.1, 0.15) is 18.7 Å². The molecule has 6 heteroatoms. The molecule has 110 valence electrons. The van der Waals surface area contributed by atoms with Gasteiger partial charge in [0.2, 0.25) is 5.91 Å². The number of H-pyrrole nitrogens is 1. The maximum absolute atomic E-state index is 11.8. The van der Waals surface area contributed by atoms with Crippen molar-refractivity contribution in [2.24, 2.45) is 5.92 Å². The van der Waals surface area contributed by atoms with E-state index in [-0.39, 0.29) is 11.8 Å². The summed E-state index contributed by atoms with van der Waals surface area (Å²) in [6.45, 7) is 1.86. The van der Waals surface area contributed by atoms with Crippen molar-refractivity contribution in [3.8, 4) is 11.4 Å². The summed E-state index contributed by atoms with van der Waals surface area (Å²) in [5.74, 6) is 1.54. The van der Waals surface area contributed by atoms with Gasteiger partial charge < -0.3 is 10.3 Å².